The number of hydrogen-bond donors (Lipinski definition) is 2. The maximum Gasteiger partial charge on any atom is 0.221 e. The zero-order valence-electron chi connectivity index (χ0n) is 9.04. The summed E-state index contributed by atoms with van der Waals surface area (Å²) in [6.45, 7) is 4.15. The van der Waals surface area contributed by atoms with E-state index in [1.807, 2.05) is 6.92 Å². The molecule has 4 nitrogen and oxygen atoms in total. The van der Waals surface area contributed by atoms with Gasteiger partial charge in [-0.25, -0.2) is 0 Å². The Balaban J connectivity index is 2.74. The normalized spacial score (nSPS) is 9.73. The molecule has 0 unspecified atom stereocenters. The van der Waals surface area contributed by atoms with E-state index in [1.165, 1.54) is 6.92 Å². The molecule has 0 spiro atoms. The molecule has 0 aliphatic carbocycles. The van der Waals surface area contributed by atoms with Gasteiger partial charge in [-0.3, -0.25) is 4.79 Å². The highest BCUT2D eigenvalue weighted by molar-refractivity contribution is 5.92. The number of nitrogen functional groups attached to an aromatic ring is 1. The van der Waals surface area contributed by atoms with Crippen molar-refractivity contribution < 1.29 is 9.53 Å². The Morgan fingerprint density at radius 2 is 2.27 bits per heavy atom. The summed E-state index contributed by atoms with van der Waals surface area (Å²) < 4.78 is 5.40. The molecule has 0 fully saturated rings. The number of amides is 1. The smallest absolute Gasteiger partial charge is 0.221 e. The third-order valence-electron chi connectivity index (χ3n) is 1.81. The summed E-state index contributed by atoms with van der Waals surface area (Å²) in [5, 5.41) is 2.64. The number of anilines is 2. The Bertz CT molecular complexity index is 350. The molecule has 0 aliphatic rings. The van der Waals surface area contributed by atoms with Gasteiger partial charge in [0.15, 0.2) is 0 Å². The zero-order valence-corrected chi connectivity index (χ0v) is 9.04. The van der Waals surface area contributed by atoms with Crippen molar-refractivity contribution in [2.24, 2.45) is 0 Å². The van der Waals surface area contributed by atoms with Gasteiger partial charge < -0.3 is 15.8 Å². The predicted molar refractivity (Wildman–Crippen MR) is 60.9 cm³/mol. The highest BCUT2D eigenvalue weighted by atomic mass is 16.5. The van der Waals surface area contributed by atoms with Crippen LogP contribution in [0.15, 0.2) is 18.2 Å². The average molecular weight is 208 g/mol. The second-order valence-corrected chi connectivity index (χ2v) is 3.28. The van der Waals surface area contributed by atoms with E-state index in [0.717, 1.165) is 12.2 Å². The standard InChI is InChI=1S/C11H16N2O2/c1-3-6-15-9-4-5-11(10(12)7-9)13-8(2)14/h4-5,7H,3,6,12H2,1-2H3,(H,13,14). The van der Waals surface area contributed by atoms with Crippen LogP contribution >= 0.6 is 0 Å². The van der Waals surface area contributed by atoms with Gasteiger partial charge in [-0.05, 0) is 18.6 Å². The van der Waals surface area contributed by atoms with Crippen LogP contribution in [0.5, 0.6) is 5.75 Å². The topological polar surface area (TPSA) is 64.3 Å². The average Bonchev–Trinajstić information content (AvgIpc) is 2.18. The Labute approximate surface area is 89.4 Å². The number of carbonyl (C=O) groups is 1. The Kier molecular flexibility index (Phi) is 3.97. The first-order valence-electron chi connectivity index (χ1n) is 4.93. The second kappa shape index (κ2) is 5.24. The molecule has 0 radical (unpaired) electrons. The summed E-state index contributed by atoms with van der Waals surface area (Å²) in [7, 11) is 0. The maximum atomic E-state index is 10.8. The van der Waals surface area contributed by atoms with Crippen molar-refractivity contribution in [1.82, 2.24) is 0 Å². The Morgan fingerprint density at radius 3 is 2.80 bits per heavy atom. The van der Waals surface area contributed by atoms with Gasteiger partial charge in [-0.2, -0.15) is 0 Å². The van der Waals surface area contributed by atoms with Crippen molar-refractivity contribution in [3.05, 3.63) is 18.2 Å². The van der Waals surface area contributed by atoms with Crippen molar-refractivity contribution >= 4 is 17.3 Å². The molecule has 4 heteroatoms. The number of nitrogens with one attached hydrogen (secondary N) is 1. The van der Waals surface area contributed by atoms with Crippen molar-refractivity contribution in [3.63, 3.8) is 0 Å². The second-order valence-electron chi connectivity index (χ2n) is 3.28. The number of hydrogen-bond acceptors (Lipinski definition) is 3. The van der Waals surface area contributed by atoms with Crippen molar-refractivity contribution in [2.45, 2.75) is 20.3 Å². The minimum Gasteiger partial charge on any atom is -0.494 e. The van der Waals surface area contributed by atoms with Gasteiger partial charge in [-0.15, -0.1) is 0 Å². The van der Waals surface area contributed by atoms with Crippen LogP contribution in [-0.4, -0.2) is 12.5 Å². The van der Waals surface area contributed by atoms with Gasteiger partial charge in [0.1, 0.15) is 5.75 Å². The quantitative estimate of drug-likeness (QED) is 0.744. The number of rotatable bonds is 4. The number of ether oxygens (including phenoxy) is 1. The molecule has 1 aromatic rings. The van der Waals surface area contributed by atoms with Crippen LogP contribution in [-0.2, 0) is 4.79 Å². The number of nitrogens with two attached hydrogens (primary N) is 1. The molecule has 0 aliphatic heterocycles. The minimum atomic E-state index is -0.135. The van der Waals surface area contributed by atoms with Gasteiger partial charge in [-0.1, -0.05) is 6.92 Å². The van der Waals surface area contributed by atoms with E-state index in [4.69, 9.17) is 10.5 Å². The van der Waals surface area contributed by atoms with Gasteiger partial charge in [0.05, 0.1) is 18.0 Å². The van der Waals surface area contributed by atoms with Crippen LogP contribution in [0.1, 0.15) is 20.3 Å². The zero-order chi connectivity index (χ0) is 11.3. The first-order valence-corrected chi connectivity index (χ1v) is 4.93. The molecular weight excluding hydrogens is 192 g/mol. The highest BCUT2D eigenvalue weighted by Gasteiger charge is 2.02. The van der Waals surface area contributed by atoms with E-state index < -0.39 is 0 Å². The van der Waals surface area contributed by atoms with Gasteiger partial charge in [0.25, 0.3) is 0 Å². The SMILES string of the molecule is CCCOc1ccc(NC(C)=O)c(N)c1. The Morgan fingerprint density at radius 1 is 1.53 bits per heavy atom. The lowest BCUT2D eigenvalue weighted by Gasteiger charge is -2.09. The van der Waals surface area contributed by atoms with Gasteiger partial charge >= 0.3 is 0 Å². The van der Waals surface area contributed by atoms with Crippen molar-refractivity contribution in [3.8, 4) is 5.75 Å². The highest BCUT2D eigenvalue weighted by Crippen LogP contribution is 2.24. The molecule has 0 saturated heterocycles. The fraction of sp³-hybridized carbons (Fsp3) is 0.364. The lowest BCUT2D eigenvalue weighted by atomic mass is 10.2. The molecule has 1 rings (SSSR count). The van der Waals surface area contributed by atoms with Crippen molar-refractivity contribution in [2.75, 3.05) is 17.7 Å². The van der Waals surface area contributed by atoms with E-state index in [2.05, 4.69) is 5.32 Å². The lowest BCUT2D eigenvalue weighted by molar-refractivity contribution is -0.114. The fourth-order valence-electron chi connectivity index (χ4n) is 1.15. The van der Waals surface area contributed by atoms with Gasteiger partial charge in [0.2, 0.25) is 5.91 Å². The minimum absolute atomic E-state index is 0.135. The number of carbonyl (C=O) groups excluding carboxylic acids is 1. The van der Waals surface area contributed by atoms with Crippen LogP contribution in [0, 0.1) is 0 Å². The molecule has 0 heterocycles. The maximum absolute atomic E-state index is 10.8. The number of benzene rings is 1. The van der Waals surface area contributed by atoms with E-state index in [0.29, 0.717) is 18.0 Å². The third-order valence-corrected chi connectivity index (χ3v) is 1.81. The van der Waals surface area contributed by atoms with Crippen LogP contribution in [0.2, 0.25) is 0 Å². The van der Waals surface area contributed by atoms with Crippen LogP contribution in [0.25, 0.3) is 0 Å². The monoisotopic (exact) mass is 208 g/mol. The largest absolute Gasteiger partial charge is 0.494 e. The molecule has 82 valence electrons. The predicted octanol–water partition coefficient (Wildman–Crippen LogP) is 2.02. The van der Waals surface area contributed by atoms with Crippen LogP contribution in [0.3, 0.4) is 0 Å². The Hall–Kier alpha value is -1.71. The fourth-order valence-corrected chi connectivity index (χ4v) is 1.15. The molecule has 0 saturated carbocycles. The molecule has 0 aromatic heterocycles. The summed E-state index contributed by atoms with van der Waals surface area (Å²) in [5.74, 6) is 0.590. The molecule has 1 aromatic carbocycles. The van der Waals surface area contributed by atoms with Gasteiger partial charge in [0, 0.05) is 13.0 Å². The van der Waals surface area contributed by atoms with E-state index in [1.54, 1.807) is 18.2 Å². The molecule has 3 N–H and O–H groups in total. The third kappa shape index (κ3) is 3.50. The molecular formula is C11H16N2O2. The summed E-state index contributed by atoms with van der Waals surface area (Å²) in [6.07, 6.45) is 0.952. The van der Waals surface area contributed by atoms with Crippen LogP contribution < -0.4 is 15.8 Å². The molecule has 0 atom stereocenters. The lowest BCUT2D eigenvalue weighted by Crippen LogP contribution is -2.08. The molecule has 0 bridgehead atoms. The summed E-state index contributed by atoms with van der Waals surface area (Å²) in [4.78, 5) is 10.8. The summed E-state index contributed by atoms with van der Waals surface area (Å²) in [6, 6.07) is 5.24. The summed E-state index contributed by atoms with van der Waals surface area (Å²) in [5.41, 5.74) is 6.88. The van der Waals surface area contributed by atoms with Crippen LogP contribution in [0.4, 0.5) is 11.4 Å². The summed E-state index contributed by atoms with van der Waals surface area (Å²) >= 11 is 0. The van der Waals surface area contributed by atoms with E-state index >= 15 is 0 Å². The van der Waals surface area contributed by atoms with Crippen molar-refractivity contribution in [1.29, 1.82) is 0 Å². The molecule has 15 heavy (non-hydrogen) atoms. The van der Waals surface area contributed by atoms with E-state index in [9.17, 15) is 4.79 Å². The van der Waals surface area contributed by atoms with E-state index in [-0.39, 0.29) is 5.91 Å². The first-order chi connectivity index (χ1) is 7.13. The molecule has 1 amide bonds. The first kappa shape index (κ1) is 11.4.